The van der Waals surface area contributed by atoms with Gasteiger partial charge in [0.2, 0.25) is 0 Å². The SMILES string of the molecule is C=CC(=O)CCOc1ccc(C(=O)C(C)(C)O)cc1. The van der Waals surface area contributed by atoms with Gasteiger partial charge in [0.1, 0.15) is 11.4 Å². The number of carbonyl (C=O) groups excluding carboxylic acids is 2. The van der Waals surface area contributed by atoms with Gasteiger partial charge in [-0.3, -0.25) is 9.59 Å². The fourth-order valence-corrected chi connectivity index (χ4v) is 1.43. The van der Waals surface area contributed by atoms with Gasteiger partial charge in [-0.2, -0.15) is 0 Å². The maximum absolute atomic E-state index is 11.8. The van der Waals surface area contributed by atoms with Crippen LogP contribution >= 0.6 is 0 Å². The highest BCUT2D eigenvalue weighted by atomic mass is 16.5. The van der Waals surface area contributed by atoms with Gasteiger partial charge in [-0.1, -0.05) is 6.58 Å². The highest BCUT2D eigenvalue weighted by Gasteiger charge is 2.24. The van der Waals surface area contributed by atoms with Crippen LogP contribution in [0.15, 0.2) is 36.9 Å². The molecule has 0 heterocycles. The van der Waals surface area contributed by atoms with Crippen LogP contribution < -0.4 is 4.74 Å². The van der Waals surface area contributed by atoms with Gasteiger partial charge in [-0.15, -0.1) is 0 Å². The molecule has 19 heavy (non-hydrogen) atoms. The van der Waals surface area contributed by atoms with Crippen LogP contribution in [0.3, 0.4) is 0 Å². The number of aliphatic hydroxyl groups is 1. The van der Waals surface area contributed by atoms with Crippen molar-refractivity contribution in [1.29, 1.82) is 0 Å². The van der Waals surface area contributed by atoms with Gasteiger partial charge in [-0.25, -0.2) is 0 Å². The van der Waals surface area contributed by atoms with Crippen molar-refractivity contribution in [3.63, 3.8) is 0 Å². The Hall–Kier alpha value is -1.94. The van der Waals surface area contributed by atoms with E-state index in [4.69, 9.17) is 4.74 Å². The quantitative estimate of drug-likeness (QED) is 0.604. The molecule has 0 aliphatic rings. The number of ketones is 2. The highest BCUT2D eigenvalue weighted by molar-refractivity contribution is 6.01. The van der Waals surface area contributed by atoms with Gasteiger partial charge in [0.25, 0.3) is 0 Å². The lowest BCUT2D eigenvalue weighted by Gasteiger charge is -2.15. The Bertz CT molecular complexity index is 466. The van der Waals surface area contributed by atoms with Gasteiger partial charge >= 0.3 is 0 Å². The molecule has 0 unspecified atom stereocenters. The molecule has 0 saturated heterocycles. The monoisotopic (exact) mass is 262 g/mol. The smallest absolute Gasteiger partial charge is 0.193 e. The lowest BCUT2D eigenvalue weighted by molar-refractivity contribution is -0.115. The van der Waals surface area contributed by atoms with Crippen LogP contribution in [-0.2, 0) is 4.79 Å². The molecule has 1 aromatic rings. The molecule has 0 saturated carbocycles. The molecule has 4 heteroatoms. The largest absolute Gasteiger partial charge is 0.493 e. The molecule has 0 aliphatic carbocycles. The Morgan fingerprint density at radius 3 is 2.37 bits per heavy atom. The van der Waals surface area contributed by atoms with Crippen LogP contribution in [0.2, 0.25) is 0 Å². The molecule has 0 atom stereocenters. The Morgan fingerprint density at radius 2 is 1.89 bits per heavy atom. The molecule has 0 spiro atoms. The van der Waals surface area contributed by atoms with E-state index in [1.165, 1.54) is 19.9 Å². The summed E-state index contributed by atoms with van der Waals surface area (Å²) in [5.41, 5.74) is -0.972. The molecule has 0 bridgehead atoms. The lowest BCUT2D eigenvalue weighted by Crippen LogP contribution is -2.30. The number of rotatable bonds is 7. The Labute approximate surface area is 112 Å². The molecular weight excluding hydrogens is 244 g/mol. The molecule has 102 valence electrons. The minimum Gasteiger partial charge on any atom is -0.493 e. The van der Waals surface area contributed by atoms with Crippen molar-refractivity contribution >= 4 is 11.6 Å². The zero-order valence-electron chi connectivity index (χ0n) is 11.2. The third-order valence-electron chi connectivity index (χ3n) is 2.52. The van der Waals surface area contributed by atoms with Crippen LogP contribution in [0.1, 0.15) is 30.6 Å². The first-order chi connectivity index (χ1) is 8.84. The summed E-state index contributed by atoms with van der Waals surface area (Å²) < 4.78 is 5.36. The molecule has 0 amide bonds. The first kappa shape index (κ1) is 15.1. The number of benzene rings is 1. The van der Waals surface area contributed by atoms with Crippen molar-refractivity contribution in [2.24, 2.45) is 0 Å². The van der Waals surface area contributed by atoms with Gasteiger partial charge in [0, 0.05) is 12.0 Å². The van der Waals surface area contributed by atoms with Crippen molar-refractivity contribution in [2.45, 2.75) is 25.9 Å². The van der Waals surface area contributed by atoms with E-state index in [-0.39, 0.29) is 24.6 Å². The maximum atomic E-state index is 11.8. The predicted molar refractivity (Wildman–Crippen MR) is 72.4 cm³/mol. The summed E-state index contributed by atoms with van der Waals surface area (Å²) in [6.07, 6.45) is 1.53. The van der Waals surface area contributed by atoms with Crippen LogP contribution in [0.5, 0.6) is 5.75 Å². The van der Waals surface area contributed by atoms with Gasteiger partial charge < -0.3 is 9.84 Å². The van der Waals surface area contributed by atoms with E-state index >= 15 is 0 Å². The highest BCUT2D eigenvalue weighted by Crippen LogP contribution is 2.17. The number of hydrogen-bond acceptors (Lipinski definition) is 4. The first-order valence-electron chi connectivity index (χ1n) is 6.00. The first-order valence-corrected chi connectivity index (χ1v) is 6.00. The van der Waals surface area contributed by atoms with E-state index in [2.05, 4.69) is 6.58 Å². The average Bonchev–Trinajstić information content (AvgIpc) is 2.37. The third-order valence-corrected chi connectivity index (χ3v) is 2.52. The molecule has 0 aromatic heterocycles. The summed E-state index contributed by atoms with van der Waals surface area (Å²) in [6.45, 7) is 6.53. The fourth-order valence-electron chi connectivity index (χ4n) is 1.43. The predicted octanol–water partition coefficient (Wildman–Crippen LogP) is 2.16. The van der Waals surface area contributed by atoms with E-state index in [1.807, 2.05) is 0 Å². The summed E-state index contributed by atoms with van der Waals surface area (Å²) in [5.74, 6) is 0.152. The van der Waals surface area contributed by atoms with E-state index in [0.717, 1.165) is 0 Å². The summed E-state index contributed by atoms with van der Waals surface area (Å²) >= 11 is 0. The molecule has 0 aliphatic heterocycles. The Kier molecular flexibility index (Phi) is 5.01. The summed E-state index contributed by atoms with van der Waals surface area (Å²) in [4.78, 5) is 22.8. The van der Waals surface area contributed by atoms with Crippen molar-refractivity contribution in [2.75, 3.05) is 6.61 Å². The molecule has 0 radical (unpaired) electrons. The molecule has 1 rings (SSSR count). The lowest BCUT2D eigenvalue weighted by atomic mass is 9.97. The standard InChI is InChI=1S/C15H18O4/c1-4-12(16)9-10-19-13-7-5-11(6-8-13)14(17)15(2,3)18/h4-8,18H,1,9-10H2,2-3H3. The van der Waals surface area contributed by atoms with Crippen LogP contribution in [0, 0.1) is 0 Å². The van der Waals surface area contributed by atoms with Crippen LogP contribution in [0.4, 0.5) is 0 Å². The van der Waals surface area contributed by atoms with Gasteiger partial charge in [0.15, 0.2) is 11.6 Å². The van der Waals surface area contributed by atoms with Crippen LogP contribution in [-0.4, -0.2) is 28.9 Å². The maximum Gasteiger partial charge on any atom is 0.193 e. The summed E-state index contributed by atoms with van der Waals surface area (Å²) in [7, 11) is 0. The second-order valence-electron chi connectivity index (χ2n) is 4.68. The summed E-state index contributed by atoms with van der Waals surface area (Å²) in [5, 5.41) is 9.61. The fraction of sp³-hybridized carbons (Fsp3) is 0.333. The Morgan fingerprint density at radius 1 is 1.32 bits per heavy atom. The van der Waals surface area contributed by atoms with Crippen molar-refractivity contribution < 1.29 is 19.4 Å². The minimum atomic E-state index is -1.39. The van der Waals surface area contributed by atoms with Crippen molar-refractivity contribution in [1.82, 2.24) is 0 Å². The third kappa shape index (κ3) is 4.67. The molecule has 1 aromatic carbocycles. The molecule has 4 nitrogen and oxygen atoms in total. The van der Waals surface area contributed by atoms with E-state index in [9.17, 15) is 14.7 Å². The topological polar surface area (TPSA) is 63.6 Å². The number of Topliss-reactive ketones (excluding diaryl/α,β-unsaturated/α-hetero) is 1. The van der Waals surface area contributed by atoms with E-state index in [1.54, 1.807) is 24.3 Å². The number of carbonyl (C=O) groups is 2. The number of ether oxygens (including phenoxy) is 1. The normalized spacial score (nSPS) is 10.9. The van der Waals surface area contributed by atoms with Gasteiger partial charge in [0.05, 0.1) is 6.61 Å². The molecule has 0 fully saturated rings. The van der Waals surface area contributed by atoms with Gasteiger partial charge in [-0.05, 0) is 44.2 Å². The Balaban J connectivity index is 2.60. The average molecular weight is 262 g/mol. The molecule has 1 N–H and O–H groups in total. The van der Waals surface area contributed by atoms with E-state index in [0.29, 0.717) is 11.3 Å². The summed E-state index contributed by atoms with van der Waals surface area (Å²) in [6, 6.07) is 6.45. The zero-order valence-corrected chi connectivity index (χ0v) is 11.2. The van der Waals surface area contributed by atoms with Crippen molar-refractivity contribution in [3.8, 4) is 5.75 Å². The van der Waals surface area contributed by atoms with Crippen molar-refractivity contribution in [3.05, 3.63) is 42.5 Å². The number of allylic oxidation sites excluding steroid dienone is 1. The second-order valence-corrected chi connectivity index (χ2v) is 4.68. The van der Waals surface area contributed by atoms with E-state index < -0.39 is 5.60 Å². The minimum absolute atomic E-state index is 0.0752. The molecular formula is C15H18O4. The number of hydrogen-bond donors (Lipinski definition) is 1. The second kappa shape index (κ2) is 6.29. The zero-order chi connectivity index (χ0) is 14.5. The van der Waals surface area contributed by atoms with Crippen LogP contribution in [0.25, 0.3) is 0 Å².